The van der Waals surface area contributed by atoms with Gasteiger partial charge >= 0.3 is 6.18 Å². The first-order valence-electron chi connectivity index (χ1n) is 7.16. The van der Waals surface area contributed by atoms with E-state index in [1.54, 1.807) is 13.0 Å². The van der Waals surface area contributed by atoms with Gasteiger partial charge in [-0.2, -0.15) is 13.2 Å². The van der Waals surface area contributed by atoms with Crippen molar-refractivity contribution in [2.24, 2.45) is 0 Å². The highest BCUT2D eigenvalue weighted by Crippen LogP contribution is 2.30. The minimum absolute atomic E-state index is 0.0481. The second-order valence-electron chi connectivity index (χ2n) is 5.15. The predicted molar refractivity (Wildman–Crippen MR) is 79.8 cm³/mol. The summed E-state index contributed by atoms with van der Waals surface area (Å²) < 4.78 is 52.1. The zero-order chi connectivity index (χ0) is 17.3. The van der Waals surface area contributed by atoms with Gasteiger partial charge < -0.3 is 10.3 Å². The number of fused-ring (bicyclic) bond motifs is 1. The monoisotopic (exact) mass is 339 g/mol. The first-order valence-corrected chi connectivity index (χ1v) is 7.16. The third-order valence-corrected chi connectivity index (χ3v) is 3.49. The zero-order valence-corrected chi connectivity index (χ0v) is 12.6. The molecule has 0 aromatic carbocycles. The van der Waals surface area contributed by atoms with E-state index in [9.17, 15) is 17.6 Å². The molecule has 0 aliphatic heterocycles. The van der Waals surface area contributed by atoms with Gasteiger partial charge in [-0.25, -0.2) is 19.3 Å². The highest BCUT2D eigenvalue weighted by molar-refractivity contribution is 5.77. The topological polar surface area (TPSA) is 66.5 Å². The van der Waals surface area contributed by atoms with E-state index in [0.29, 0.717) is 23.1 Å². The molecule has 24 heavy (non-hydrogen) atoms. The number of aromatic nitrogens is 4. The van der Waals surface area contributed by atoms with Crippen LogP contribution in [0.4, 0.5) is 23.4 Å². The Morgan fingerprint density at radius 1 is 1.17 bits per heavy atom. The lowest BCUT2D eigenvalue weighted by atomic mass is 10.2. The number of aromatic amines is 1. The van der Waals surface area contributed by atoms with E-state index >= 15 is 0 Å². The Hall–Kier alpha value is -2.71. The molecule has 5 nitrogen and oxygen atoms in total. The standard InChI is InChI=1S/C15H13F4N5/c1-2-10-12(16)14(23-7-22-10)21-6-8-3-9-4-11(15(17,18)19)24-13(9)20-5-8/h3-5,7H,2,6H2,1H3,(H,20,24)(H,21,22,23). The number of pyridine rings is 1. The number of H-pyrrole nitrogens is 1. The second-order valence-corrected chi connectivity index (χ2v) is 5.15. The van der Waals surface area contributed by atoms with Gasteiger partial charge in [0.15, 0.2) is 11.6 Å². The normalized spacial score (nSPS) is 11.9. The zero-order valence-electron chi connectivity index (χ0n) is 12.6. The summed E-state index contributed by atoms with van der Waals surface area (Å²) in [5.74, 6) is -0.484. The molecule has 0 aliphatic rings. The van der Waals surface area contributed by atoms with Crippen molar-refractivity contribution in [1.29, 1.82) is 0 Å². The molecule has 0 aliphatic carbocycles. The van der Waals surface area contributed by atoms with E-state index in [-0.39, 0.29) is 18.0 Å². The number of aryl methyl sites for hydroxylation is 1. The van der Waals surface area contributed by atoms with Crippen molar-refractivity contribution in [3.8, 4) is 0 Å². The Morgan fingerprint density at radius 2 is 1.96 bits per heavy atom. The molecule has 0 atom stereocenters. The lowest BCUT2D eigenvalue weighted by Crippen LogP contribution is -2.07. The van der Waals surface area contributed by atoms with E-state index in [1.165, 1.54) is 12.5 Å². The molecule has 0 bridgehead atoms. The Labute approximate surface area is 134 Å². The SMILES string of the molecule is CCc1ncnc(NCc2cnc3[nH]c(C(F)(F)F)cc3c2)c1F. The lowest BCUT2D eigenvalue weighted by Gasteiger charge is -2.08. The molecule has 0 radical (unpaired) electrons. The van der Waals surface area contributed by atoms with Crippen LogP contribution < -0.4 is 5.32 Å². The molecule has 0 unspecified atom stereocenters. The first kappa shape index (κ1) is 16.2. The van der Waals surface area contributed by atoms with Crippen LogP contribution in [0.1, 0.15) is 23.9 Å². The summed E-state index contributed by atoms with van der Waals surface area (Å²) in [5.41, 5.74) is 0.185. The van der Waals surface area contributed by atoms with Crippen molar-refractivity contribution < 1.29 is 17.6 Å². The average molecular weight is 339 g/mol. The number of halogens is 4. The van der Waals surface area contributed by atoms with Crippen molar-refractivity contribution in [2.45, 2.75) is 26.1 Å². The quantitative estimate of drug-likeness (QED) is 0.712. The van der Waals surface area contributed by atoms with E-state index in [0.717, 1.165) is 6.07 Å². The second kappa shape index (κ2) is 6.06. The minimum atomic E-state index is -4.46. The van der Waals surface area contributed by atoms with Crippen LogP contribution in [0.3, 0.4) is 0 Å². The summed E-state index contributed by atoms with van der Waals surface area (Å²) >= 11 is 0. The number of hydrogen-bond donors (Lipinski definition) is 2. The van der Waals surface area contributed by atoms with Crippen LogP contribution in [0, 0.1) is 5.82 Å². The number of hydrogen-bond acceptors (Lipinski definition) is 4. The van der Waals surface area contributed by atoms with Gasteiger partial charge in [0, 0.05) is 18.1 Å². The molecule has 2 N–H and O–H groups in total. The average Bonchev–Trinajstić information content (AvgIpc) is 2.97. The molecular formula is C15H13F4N5. The lowest BCUT2D eigenvalue weighted by molar-refractivity contribution is -0.140. The number of anilines is 1. The van der Waals surface area contributed by atoms with Crippen LogP contribution in [0.5, 0.6) is 0 Å². The molecule has 0 spiro atoms. The summed E-state index contributed by atoms with van der Waals surface area (Å²) in [4.78, 5) is 13.8. The molecule has 0 fully saturated rings. The van der Waals surface area contributed by atoms with Gasteiger partial charge in [0.25, 0.3) is 0 Å². The largest absolute Gasteiger partial charge is 0.431 e. The molecule has 0 saturated carbocycles. The van der Waals surface area contributed by atoms with Gasteiger partial charge in [0.2, 0.25) is 0 Å². The van der Waals surface area contributed by atoms with Crippen LogP contribution in [0.2, 0.25) is 0 Å². The van der Waals surface area contributed by atoms with Crippen molar-refractivity contribution in [3.63, 3.8) is 0 Å². The van der Waals surface area contributed by atoms with Gasteiger partial charge in [-0.1, -0.05) is 6.92 Å². The minimum Gasteiger partial charge on any atom is -0.363 e. The Balaban J connectivity index is 1.81. The maximum Gasteiger partial charge on any atom is 0.431 e. The van der Waals surface area contributed by atoms with Crippen molar-refractivity contribution in [3.05, 3.63) is 47.4 Å². The molecule has 0 amide bonds. The van der Waals surface area contributed by atoms with Gasteiger partial charge in [0.05, 0.1) is 5.69 Å². The van der Waals surface area contributed by atoms with E-state index in [4.69, 9.17) is 0 Å². The Morgan fingerprint density at radius 3 is 2.67 bits per heavy atom. The summed E-state index contributed by atoms with van der Waals surface area (Å²) in [6.45, 7) is 1.95. The number of alkyl halides is 3. The van der Waals surface area contributed by atoms with Crippen LogP contribution in [-0.2, 0) is 19.1 Å². The molecule has 126 valence electrons. The third kappa shape index (κ3) is 3.15. The number of nitrogens with one attached hydrogen (secondary N) is 2. The van der Waals surface area contributed by atoms with Gasteiger partial charge in [-0.05, 0) is 24.1 Å². The van der Waals surface area contributed by atoms with Crippen molar-refractivity contribution in [1.82, 2.24) is 19.9 Å². The molecule has 3 heterocycles. The van der Waals surface area contributed by atoms with Gasteiger partial charge in [0.1, 0.15) is 17.7 Å². The van der Waals surface area contributed by atoms with E-state index in [2.05, 4.69) is 25.3 Å². The van der Waals surface area contributed by atoms with Gasteiger partial charge in [-0.3, -0.25) is 0 Å². The summed E-state index contributed by atoms with van der Waals surface area (Å²) in [6, 6.07) is 2.55. The smallest absolute Gasteiger partial charge is 0.363 e. The molecule has 0 saturated heterocycles. The fourth-order valence-corrected chi connectivity index (χ4v) is 2.27. The number of nitrogens with zero attached hydrogens (tertiary/aromatic N) is 3. The fourth-order valence-electron chi connectivity index (χ4n) is 2.27. The van der Waals surface area contributed by atoms with Crippen molar-refractivity contribution in [2.75, 3.05) is 5.32 Å². The fraction of sp³-hybridized carbons (Fsp3) is 0.267. The first-order chi connectivity index (χ1) is 11.4. The van der Waals surface area contributed by atoms with Crippen LogP contribution in [0.25, 0.3) is 11.0 Å². The van der Waals surface area contributed by atoms with Crippen LogP contribution in [-0.4, -0.2) is 19.9 Å². The molecule has 3 aromatic rings. The maximum absolute atomic E-state index is 14.0. The molecule has 3 aromatic heterocycles. The molecular weight excluding hydrogens is 326 g/mol. The Bertz CT molecular complexity index is 872. The van der Waals surface area contributed by atoms with Crippen molar-refractivity contribution >= 4 is 16.9 Å². The Kier molecular flexibility index (Phi) is 4.08. The van der Waals surface area contributed by atoms with Crippen LogP contribution in [0.15, 0.2) is 24.7 Å². The molecule has 9 heteroatoms. The highest BCUT2D eigenvalue weighted by Gasteiger charge is 2.32. The predicted octanol–water partition coefficient (Wildman–Crippen LogP) is 3.69. The third-order valence-electron chi connectivity index (χ3n) is 3.49. The van der Waals surface area contributed by atoms with Gasteiger partial charge in [-0.15, -0.1) is 0 Å². The van der Waals surface area contributed by atoms with Crippen LogP contribution >= 0.6 is 0 Å². The van der Waals surface area contributed by atoms with E-state index in [1.807, 2.05) is 0 Å². The maximum atomic E-state index is 14.0. The summed E-state index contributed by atoms with van der Waals surface area (Å²) in [6.07, 6.45) is -1.35. The molecule has 3 rings (SSSR count). The van der Waals surface area contributed by atoms with E-state index < -0.39 is 17.7 Å². The summed E-state index contributed by atoms with van der Waals surface area (Å²) in [7, 11) is 0. The summed E-state index contributed by atoms with van der Waals surface area (Å²) in [5, 5.41) is 3.14. The highest BCUT2D eigenvalue weighted by atomic mass is 19.4. The number of rotatable bonds is 4.